The van der Waals surface area contributed by atoms with Crippen molar-refractivity contribution in [1.29, 1.82) is 0 Å². The summed E-state index contributed by atoms with van der Waals surface area (Å²) in [7, 11) is 1.48. The van der Waals surface area contributed by atoms with Gasteiger partial charge in [-0.25, -0.2) is 4.98 Å². The van der Waals surface area contributed by atoms with Crippen molar-refractivity contribution < 1.29 is 13.9 Å². The highest BCUT2D eigenvalue weighted by Gasteiger charge is 2.45. The van der Waals surface area contributed by atoms with Gasteiger partial charge in [0.25, 0.3) is 0 Å². The van der Waals surface area contributed by atoms with Gasteiger partial charge in [0.05, 0.1) is 17.7 Å². The maximum Gasteiger partial charge on any atom is 0.323 e. The summed E-state index contributed by atoms with van der Waals surface area (Å²) in [5, 5.41) is 2.01. The average Bonchev–Trinajstić information content (AvgIpc) is 3.34. The monoisotopic (exact) mass is 346 g/mol. The molecule has 0 aromatic carbocycles. The predicted molar refractivity (Wildman–Crippen MR) is 91.5 cm³/mol. The molecule has 5 nitrogen and oxygen atoms in total. The summed E-state index contributed by atoms with van der Waals surface area (Å²) in [5.74, 6) is 1.15. The second-order valence-corrected chi connectivity index (χ2v) is 7.63. The first kappa shape index (κ1) is 15.8. The number of oxazole rings is 1. The minimum Gasteiger partial charge on any atom is -0.468 e. The van der Waals surface area contributed by atoms with Crippen LogP contribution in [0.25, 0.3) is 10.8 Å². The molecule has 3 atom stereocenters. The number of rotatable bonds is 4. The Hall–Kier alpha value is -1.66. The third-order valence-corrected chi connectivity index (χ3v) is 6.18. The standard InChI is InChI=1S/C18H22N2O3S/c1-22-18(21)15-9-12-5-2-3-6-14(12)20(15)10-13-11-23-17(19-13)16-7-4-8-24-16/h4,7-8,11-12,14-15H,2-3,5-6,9-10H2,1H3/t12-,14-,15+/m1/s1. The van der Waals surface area contributed by atoms with Crippen molar-refractivity contribution in [2.45, 2.75) is 50.7 Å². The molecule has 6 heteroatoms. The van der Waals surface area contributed by atoms with Crippen LogP contribution in [0.3, 0.4) is 0 Å². The maximum atomic E-state index is 12.2. The van der Waals surface area contributed by atoms with Gasteiger partial charge in [0.2, 0.25) is 5.89 Å². The first-order valence-electron chi connectivity index (χ1n) is 8.58. The lowest BCUT2D eigenvalue weighted by molar-refractivity contribution is -0.146. The van der Waals surface area contributed by atoms with E-state index in [2.05, 4.69) is 9.88 Å². The van der Waals surface area contributed by atoms with E-state index < -0.39 is 0 Å². The molecule has 2 aliphatic rings. The van der Waals surface area contributed by atoms with E-state index in [1.54, 1.807) is 17.6 Å². The molecule has 2 aromatic rings. The van der Waals surface area contributed by atoms with E-state index in [4.69, 9.17) is 9.15 Å². The Morgan fingerprint density at radius 2 is 2.33 bits per heavy atom. The molecule has 2 aromatic heterocycles. The molecule has 1 aliphatic heterocycles. The topological polar surface area (TPSA) is 55.6 Å². The lowest BCUT2D eigenvalue weighted by Gasteiger charge is -2.32. The number of ether oxygens (including phenoxy) is 1. The summed E-state index contributed by atoms with van der Waals surface area (Å²) in [6, 6.07) is 4.31. The fourth-order valence-electron chi connectivity index (χ4n) is 4.23. The fraction of sp³-hybridized carbons (Fsp3) is 0.556. The number of carbonyl (C=O) groups is 1. The molecular formula is C18H22N2O3S. The summed E-state index contributed by atoms with van der Waals surface area (Å²) in [6.45, 7) is 0.649. The zero-order valence-corrected chi connectivity index (χ0v) is 14.6. The number of methoxy groups -OCH3 is 1. The minimum absolute atomic E-state index is 0.119. The van der Waals surface area contributed by atoms with E-state index in [9.17, 15) is 4.79 Å². The van der Waals surface area contributed by atoms with Crippen LogP contribution < -0.4 is 0 Å². The van der Waals surface area contributed by atoms with E-state index in [1.807, 2.05) is 17.5 Å². The van der Waals surface area contributed by atoms with E-state index in [0.29, 0.717) is 24.4 Å². The largest absolute Gasteiger partial charge is 0.468 e. The van der Waals surface area contributed by atoms with Crippen LogP contribution >= 0.6 is 11.3 Å². The second-order valence-electron chi connectivity index (χ2n) is 6.68. The van der Waals surface area contributed by atoms with Gasteiger partial charge in [-0.2, -0.15) is 0 Å². The first-order chi connectivity index (χ1) is 11.8. The van der Waals surface area contributed by atoms with Gasteiger partial charge in [-0.05, 0) is 36.6 Å². The van der Waals surface area contributed by atoms with E-state index in [1.165, 1.54) is 26.4 Å². The summed E-state index contributed by atoms with van der Waals surface area (Å²) in [6.07, 6.45) is 7.52. The first-order valence-corrected chi connectivity index (χ1v) is 9.46. The van der Waals surface area contributed by atoms with Gasteiger partial charge >= 0.3 is 5.97 Å². The van der Waals surface area contributed by atoms with Gasteiger partial charge in [-0.15, -0.1) is 11.3 Å². The SMILES string of the molecule is COC(=O)[C@@H]1C[C@H]2CCCC[C@H]2N1Cc1coc(-c2cccs2)n1. The quantitative estimate of drug-likeness (QED) is 0.790. The van der Waals surface area contributed by atoms with Crippen LogP contribution in [0.2, 0.25) is 0 Å². The van der Waals surface area contributed by atoms with Crippen molar-refractivity contribution in [2.75, 3.05) is 7.11 Å². The van der Waals surface area contributed by atoms with Gasteiger partial charge < -0.3 is 9.15 Å². The molecule has 2 fully saturated rings. The number of esters is 1. The minimum atomic E-state index is -0.148. The number of hydrogen-bond acceptors (Lipinski definition) is 6. The van der Waals surface area contributed by atoms with Gasteiger partial charge in [-0.1, -0.05) is 18.9 Å². The number of carbonyl (C=O) groups excluding carboxylic acids is 1. The normalized spacial score (nSPS) is 27.1. The molecular weight excluding hydrogens is 324 g/mol. The number of aromatic nitrogens is 1. The van der Waals surface area contributed by atoms with Crippen molar-refractivity contribution in [1.82, 2.24) is 9.88 Å². The van der Waals surface area contributed by atoms with Crippen LogP contribution in [0.4, 0.5) is 0 Å². The average molecular weight is 346 g/mol. The lowest BCUT2D eigenvalue weighted by Crippen LogP contribution is -2.42. The lowest BCUT2D eigenvalue weighted by atomic mass is 9.85. The van der Waals surface area contributed by atoms with E-state index >= 15 is 0 Å². The molecule has 0 N–H and O–H groups in total. The Morgan fingerprint density at radius 3 is 3.12 bits per heavy atom. The van der Waals surface area contributed by atoms with Crippen LogP contribution in [-0.4, -0.2) is 35.0 Å². The Kier molecular flexibility index (Phi) is 4.41. The smallest absolute Gasteiger partial charge is 0.323 e. The third kappa shape index (κ3) is 2.89. The molecule has 0 unspecified atom stereocenters. The molecule has 0 radical (unpaired) electrons. The summed E-state index contributed by atoms with van der Waals surface area (Å²) in [4.78, 5) is 20.2. The van der Waals surface area contributed by atoms with E-state index in [0.717, 1.165) is 23.4 Å². The Labute approximate surface area is 145 Å². The number of nitrogens with zero attached hydrogens (tertiary/aromatic N) is 2. The fourth-order valence-corrected chi connectivity index (χ4v) is 4.88. The van der Waals surface area contributed by atoms with Crippen molar-refractivity contribution in [2.24, 2.45) is 5.92 Å². The highest BCUT2D eigenvalue weighted by Crippen LogP contribution is 2.41. The number of thiophene rings is 1. The van der Waals surface area contributed by atoms with Crippen molar-refractivity contribution in [3.05, 3.63) is 29.5 Å². The highest BCUT2D eigenvalue weighted by atomic mass is 32.1. The van der Waals surface area contributed by atoms with Gasteiger partial charge in [0.1, 0.15) is 12.3 Å². The van der Waals surface area contributed by atoms with Gasteiger partial charge in [0, 0.05) is 12.6 Å². The van der Waals surface area contributed by atoms with Crippen LogP contribution in [0, 0.1) is 5.92 Å². The molecule has 1 saturated heterocycles. The Balaban J connectivity index is 1.55. The van der Waals surface area contributed by atoms with E-state index in [-0.39, 0.29) is 12.0 Å². The molecule has 128 valence electrons. The summed E-state index contributed by atoms with van der Waals surface area (Å²) in [5.41, 5.74) is 0.888. The molecule has 0 amide bonds. The number of likely N-dealkylation sites (tertiary alicyclic amines) is 1. The van der Waals surface area contributed by atoms with Gasteiger partial charge in [-0.3, -0.25) is 9.69 Å². The summed E-state index contributed by atoms with van der Waals surface area (Å²) >= 11 is 1.62. The van der Waals surface area contributed by atoms with Crippen molar-refractivity contribution in [3.8, 4) is 10.8 Å². The second kappa shape index (κ2) is 6.69. The zero-order chi connectivity index (χ0) is 16.5. The predicted octanol–water partition coefficient (Wildman–Crippen LogP) is 3.71. The van der Waals surface area contributed by atoms with Crippen molar-refractivity contribution in [3.63, 3.8) is 0 Å². The molecule has 1 aliphatic carbocycles. The van der Waals surface area contributed by atoms with Crippen LogP contribution in [0.1, 0.15) is 37.8 Å². The molecule has 24 heavy (non-hydrogen) atoms. The molecule has 0 spiro atoms. The zero-order valence-electron chi connectivity index (χ0n) is 13.8. The number of hydrogen-bond donors (Lipinski definition) is 0. The molecule has 0 bridgehead atoms. The summed E-state index contributed by atoms with van der Waals surface area (Å²) < 4.78 is 10.7. The third-order valence-electron chi connectivity index (χ3n) is 5.32. The Bertz CT molecular complexity index is 697. The van der Waals surface area contributed by atoms with Crippen LogP contribution in [-0.2, 0) is 16.1 Å². The number of fused-ring (bicyclic) bond motifs is 1. The Morgan fingerprint density at radius 1 is 1.46 bits per heavy atom. The molecule has 4 rings (SSSR count). The van der Waals surface area contributed by atoms with Gasteiger partial charge in [0.15, 0.2) is 0 Å². The molecule has 1 saturated carbocycles. The van der Waals surface area contributed by atoms with Crippen LogP contribution in [0.15, 0.2) is 28.2 Å². The van der Waals surface area contributed by atoms with Crippen LogP contribution in [0.5, 0.6) is 0 Å². The van der Waals surface area contributed by atoms with Crippen molar-refractivity contribution >= 4 is 17.3 Å². The molecule has 3 heterocycles. The highest BCUT2D eigenvalue weighted by molar-refractivity contribution is 7.13. The maximum absolute atomic E-state index is 12.2.